The first-order valence-corrected chi connectivity index (χ1v) is 4.67. The van der Waals surface area contributed by atoms with Crippen LogP contribution in [0.3, 0.4) is 0 Å². The molecule has 1 unspecified atom stereocenters. The van der Waals surface area contributed by atoms with Crippen LogP contribution in [-0.2, 0) is 4.79 Å². The molecule has 0 aromatic carbocycles. The average Bonchev–Trinajstić information content (AvgIpc) is 2.07. The van der Waals surface area contributed by atoms with Crippen LogP contribution in [0.2, 0.25) is 0 Å². The van der Waals surface area contributed by atoms with Crippen molar-refractivity contribution >= 4 is 13.8 Å². The molecule has 3 heteroatoms. The predicted octanol–water partition coefficient (Wildman–Crippen LogP) is 1.33. The SMILES string of the molecule is BC1=CC=C(CCC(=O)O)CC1C. The van der Waals surface area contributed by atoms with Gasteiger partial charge in [0.2, 0.25) is 0 Å². The lowest BCUT2D eigenvalue weighted by atomic mass is 9.77. The predicted molar refractivity (Wildman–Crippen MR) is 55.4 cm³/mol. The summed E-state index contributed by atoms with van der Waals surface area (Å²) in [6.07, 6.45) is 6.15. The molecule has 0 aromatic heterocycles. The van der Waals surface area contributed by atoms with Gasteiger partial charge >= 0.3 is 5.97 Å². The van der Waals surface area contributed by atoms with E-state index in [9.17, 15) is 4.79 Å². The molecule has 0 amide bonds. The van der Waals surface area contributed by atoms with Crippen molar-refractivity contribution in [2.75, 3.05) is 0 Å². The van der Waals surface area contributed by atoms with Gasteiger partial charge in [-0.2, -0.15) is 0 Å². The summed E-state index contributed by atoms with van der Waals surface area (Å²) in [6.45, 7) is 2.18. The van der Waals surface area contributed by atoms with Crippen molar-refractivity contribution in [3.8, 4) is 0 Å². The van der Waals surface area contributed by atoms with E-state index < -0.39 is 5.97 Å². The Hall–Kier alpha value is -0.985. The van der Waals surface area contributed by atoms with Crippen molar-refractivity contribution in [3.63, 3.8) is 0 Å². The van der Waals surface area contributed by atoms with E-state index in [1.165, 1.54) is 11.0 Å². The highest BCUT2D eigenvalue weighted by Crippen LogP contribution is 2.25. The van der Waals surface area contributed by atoms with Crippen molar-refractivity contribution in [2.45, 2.75) is 26.2 Å². The van der Waals surface area contributed by atoms with Crippen molar-refractivity contribution < 1.29 is 9.90 Å². The first-order valence-electron chi connectivity index (χ1n) is 4.67. The van der Waals surface area contributed by atoms with Crippen LogP contribution in [0.15, 0.2) is 23.2 Å². The Morgan fingerprint density at radius 1 is 1.69 bits per heavy atom. The van der Waals surface area contributed by atoms with Gasteiger partial charge in [-0.1, -0.05) is 24.6 Å². The second-order valence-electron chi connectivity index (χ2n) is 3.73. The molecule has 0 bridgehead atoms. The maximum absolute atomic E-state index is 10.3. The molecule has 1 aliphatic rings. The summed E-state index contributed by atoms with van der Waals surface area (Å²) in [4.78, 5) is 10.3. The van der Waals surface area contributed by atoms with E-state index in [0.717, 1.165) is 6.42 Å². The molecule has 70 valence electrons. The van der Waals surface area contributed by atoms with Gasteiger partial charge in [-0.3, -0.25) is 4.79 Å². The number of aliphatic carboxylic acids is 1. The van der Waals surface area contributed by atoms with Crippen LogP contribution in [-0.4, -0.2) is 18.9 Å². The average molecular weight is 178 g/mol. The minimum Gasteiger partial charge on any atom is -0.481 e. The molecule has 1 aliphatic carbocycles. The number of allylic oxidation sites excluding steroid dienone is 4. The molecule has 2 nitrogen and oxygen atoms in total. The lowest BCUT2D eigenvalue weighted by Crippen LogP contribution is -2.06. The van der Waals surface area contributed by atoms with Gasteiger partial charge in [0.15, 0.2) is 0 Å². The molecule has 0 saturated heterocycles. The van der Waals surface area contributed by atoms with E-state index in [1.807, 2.05) is 0 Å². The van der Waals surface area contributed by atoms with E-state index >= 15 is 0 Å². The largest absolute Gasteiger partial charge is 0.481 e. The number of carbonyl (C=O) groups is 1. The van der Waals surface area contributed by atoms with Gasteiger partial charge in [0.05, 0.1) is 0 Å². The van der Waals surface area contributed by atoms with Gasteiger partial charge in [0.1, 0.15) is 7.85 Å². The lowest BCUT2D eigenvalue weighted by molar-refractivity contribution is -0.136. The molecular weight excluding hydrogens is 163 g/mol. The molecule has 13 heavy (non-hydrogen) atoms. The third-order valence-corrected chi connectivity index (χ3v) is 2.59. The minimum absolute atomic E-state index is 0.255. The zero-order valence-electron chi connectivity index (χ0n) is 8.21. The van der Waals surface area contributed by atoms with Crippen LogP contribution < -0.4 is 0 Å². The van der Waals surface area contributed by atoms with E-state index in [-0.39, 0.29) is 6.42 Å². The summed E-state index contributed by atoms with van der Waals surface area (Å²) in [6, 6.07) is 0. The summed E-state index contributed by atoms with van der Waals surface area (Å²) in [5.74, 6) is -0.131. The normalized spacial score (nSPS) is 22.1. The first kappa shape index (κ1) is 10.1. The summed E-state index contributed by atoms with van der Waals surface area (Å²) < 4.78 is 0. The molecule has 0 heterocycles. The topological polar surface area (TPSA) is 37.3 Å². The molecule has 0 aromatic rings. The molecule has 0 radical (unpaired) electrons. The molecular formula is C10H15BO2. The van der Waals surface area contributed by atoms with Crippen LogP contribution in [0.5, 0.6) is 0 Å². The molecule has 0 spiro atoms. The van der Waals surface area contributed by atoms with Gasteiger partial charge in [-0.15, -0.1) is 5.47 Å². The van der Waals surface area contributed by atoms with Crippen molar-refractivity contribution in [3.05, 3.63) is 23.2 Å². The Bertz CT molecular complexity index is 266. The fourth-order valence-electron chi connectivity index (χ4n) is 1.49. The highest BCUT2D eigenvalue weighted by atomic mass is 16.4. The second kappa shape index (κ2) is 4.31. The van der Waals surface area contributed by atoms with Crippen molar-refractivity contribution in [1.29, 1.82) is 0 Å². The van der Waals surface area contributed by atoms with Crippen LogP contribution >= 0.6 is 0 Å². The maximum Gasteiger partial charge on any atom is 0.303 e. The standard InChI is InChI=1S/C10H15BO2/c1-7-6-8(2-4-9(7)11)3-5-10(12)13/h2,4,7H,3,5-6,11H2,1H3,(H,12,13). The Morgan fingerprint density at radius 3 is 2.92 bits per heavy atom. The molecule has 0 fully saturated rings. The van der Waals surface area contributed by atoms with Gasteiger partial charge in [0, 0.05) is 6.42 Å². The molecule has 0 saturated carbocycles. The van der Waals surface area contributed by atoms with Crippen LogP contribution in [0.25, 0.3) is 0 Å². The molecule has 1 rings (SSSR count). The number of hydrogen-bond acceptors (Lipinski definition) is 1. The van der Waals surface area contributed by atoms with Crippen molar-refractivity contribution in [2.24, 2.45) is 5.92 Å². The monoisotopic (exact) mass is 178 g/mol. The first-order chi connectivity index (χ1) is 6.09. The van der Waals surface area contributed by atoms with Crippen molar-refractivity contribution in [1.82, 2.24) is 0 Å². The second-order valence-corrected chi connectivity index (χ2v) is 3.73. The number of rotatable bonds is 3. The molecule has 0 aliphatic heterocycles. The highest BCUT2D eigenvalue weighted by Gasteiger charge is 2.11. The molecule has 1 atom stereocenters. The van der Waals surface area contributed by atoms with Gasteiger partial charge in [-0.05, 0) is 18.8 Å². The van der Waals surface area contributed by atoms with Crippen LogP contribution in [0.4, 0.5) is 0 Å². The number of carboxylic acids is 1. The third-order valence-electron chi connectivity index (χ3n) is 2.59. The number of carboxylic acid groups (broad SMARTS) is 1. The Morgan fingerprint density at radius 2 is 2.38 bits per heavy atom. The Balaban J connectivity index is 2.49. The third kappa shape index (κ3) is 3.09. The van der Waals surface area contributed by atoms with Crippen LogP contribution in [0.1, 0.15) is 26.2 Å². The zero-order valence-corrected chi connectivity index (χ0v) is 8.21. The summed E-state index contributed by atoms with van der Waals surface area (Å²) in [5.41, 5.74) is 2.65. The Kier molecular flexibility index (Phi) is 3.35. The van der Waals surface area contributed by atoms with Crippen LogP contribution in [0, 0.1) is 5.92 Å². The quantitative estimate of drug-likeness (QED) is 0.662. The van der Waals surface area contributed by atoms with Gasteiger partial charge in [0.25, 0.3) is 0 Å². The lowest BCUT2D eigenvalue weighted by Gasteiger charge is -2.18. The maximum atomic E-state index is 10.3. The van der Waals surface area contributed by atoms with E-state index in [2.05, 4.69) is 26.9 Å². The van der Waals surface area contributed by atoms with E-state index in [1.54, 1.807) is 0 Å². The smallest absolute Gasteiger partial charge is 0.303 e. The summed E-state index contributed by atoms with van der Waals surface area (Å²) in [5, 5.41) is 8.52. The summed E-state index contributed by atoms with van der Waals surface area (Å²) in [7, 11) is 2.12. The highest BCUT2D eigenvalue weighted by molar-refractivity contribution is 6.22. The molecule has 1 N–H and O–H groups in total. The fourth-order valence-corrected chi connectivity index (χ4v) is 1.49. The Labute approximate surface area is 79.7 Å². The van der Waals surface area contributed by atoms with Gasteiger partial charge < -0.3 is 5.11 Å². The summed E-state index contributed by atoms with van der Waals surface area (Å²) >= 11 is 0. The van der Waals surface area contributed by atoms with Gasteiger partial charge in [-0.25, -0.2) is 0 Å². The van der Waals surface area contributed by atoms with E-state index in [0.29, 0.717) is 12.3 Å². The minimum atomic E-state index is -0.708. The van der Waals surface area contributed by atoms with E-state index in [4.69, 9.17) is 5.11 Å². The number of hydrogen-bond donors (Lipinski definition) is 1. The zero-order chi connectivity index (χ0) is 9.84. The fraction of sp³-hybridized carbons (Fsp3) is 0.500.